The normalized spacial score (nSPS) is 17.8. The molecule has 0 fully saturated rings. The standard InChI is InChI=1S/C9H19NO3/c1-4-9(3,13)7(10-5-2)6-8(11)12/h7,10,13H,4-6H2,1-3H3,(H,11,12). The Morgan fingerprint density at radius 3 is 2.38 bits per heavy atom. The van der Waals surface area contributed by atoms with Crippen molar-refractivity contribution in [3.63, 3.8) is 0 Å². The van der Waals surface area contributed by atoms with Crippen LogP contribution in [0.3, 0.4) is 0 Å². The molecule has 2 unspecified atom stereocenters. The van der Waals surface area contributed by atoms with E-state index >= 15 is 0 Å². The molecule has 0 amide bonds. The van der Waals surface area contributed by atoms with E-state index in [1.165, 1.54) is 0 Å². The van der Waals surface area contributed by atoms with Gasteiger partial charge in [-0.1, -0.05) is 13.8 Å². The van der Waals surface area contributed by atoms with Gasteiger partial charge in [-0.05, 0) is 19.9 Å². The van der Waals surface area contributed by atoms with Crippen LogP contribution in [-0.2, 0) is 4.79 Å². The zero-order valence-corrected chi connectivity index (χ0v) is 8.50. The molecule has 4 heteroatoms. The second kappa shape index (κ2) is 5.19. The highest BCUT2D eigenvalue weighted by Gasteiger charge is 2.30. The Hall–Kier alpha value is -0.610. The van der Waals surface area contributed by atoms with Crippen molar-refractivity contribution in [3.05, 3.63) is 0 Å². The number of rotatable bonds is 6. The maximum Gasteiger partial charge on any atom is 0.305 e. The highest BCUT2D eigenvalue weighted by atomic mass is 16.4. The second-order valence-electron chi connectivity index (χ2n) is 3.42. The Morgan fingerprint density at radius 2 is 2.08 bits per heavy atom. The van der Waals surface area contributed by atoms with Gasteiger partial charge in [-0.2, -0.15) is 0 Å². The van der Waals surface area contributed by atoms with Crippen molar-refractivity contribution in [2.24, 2.45) is 0 Å². The molecule has 0 aliphatic heterocycles. The summed E-state index contributed by atoms with van der Waals surface area (Å²) in [7, 11) is 0. The smallest absolute Gasteiger partial charge is 0.305 e. The lowest BCUT2D eigenvalue weighted by Crippen LogP contribution is -2.49. The molecular formula is C9H19NO3. The number of aliphatic hydroxyl groups is 1. The Labute approximate surface area is 79.0 Å². The number of likely N-dealkylation sites (N-methyl/N-ethyl adjacent to an activating group) is 1. The number of nitrogens with one attached hydrogen (secondary N) is 1. The van der Waals surface area contributed by atoms with E-state index in [1.54, 1.807) is 6.92 Å². The molecule has 0 rings (SSSR count). The van der Waals surface area contributed by atoms with Crippen molar-refractivity contribution in [3.8, 4) is 0 Å². The zero-order chi connectivity index (χ0) is 10.5. The van der Waals surface area contributed by atoms with Crippen molar-refractivity contribution in [1.82, 2.24) is 5.32 Å². The molecule has 0 saturated heterocycles. The van der Waals surface area contributed by atoms with Crippen LogP contribution in [0.5, 0.6) is 0 Å². The van der Waals surface area contributed by atoms with Crippen LogP contribution in [0.15, 0.2) is 0 Å². The lowest BCUT2D eigenvalue weighted by molar-refractivity contribution is -0.139. The summed E-state index contributed by atoms with van der Waals surface area (Å²) in [5.41, 5.74) is -0.950. The van der Waals surface area contributed by atoms with Gasteiger partial charge in [-0.25, -0.2) is 0 Å². The third kappa shape index (κ3) is 4.24. The summed E-state index contributed by atoms with van der Waals surface area (Å²) in [6.07, 6.45) is 0.493. The number of carboxylic acid groups (broad SMARTS) is 1. The molecule has 13 heavy (non-hydrogen) atoms. The Bertz CT molecular complexity index is 168. The molecule has 78 valence electrons. The van der Waals surface area contributed by atoms with Gasteiger partial charge in [-0.15, -0.1) is 0 Å². The van der Waals surface area contributed by atoms with E-state index in [1.807, 2.05) is 13.8 Å². The average molecular weight is 189 g/mol. The third-order valence-corrected chi connectivity index (χ3v) is 2.30. The Balaban J connectivity index is 4.30. The Kier molecular flexibility index (Phi) is 4.95. The molecular weight excluding hydrogens is 170 g/mol. The van der Waals surface area contributed by atoms with Gasteiger partial charge in [0.2, 0.25) is 0 Å². The van der Waals surface area contributed by atoms with Gasteiger partial charge in [0.25, 0.3) is 0 Å². The summed E-state index contributed by atoms with van der Waals surface area (Å²) < 4.78 is 0. The fourth-order valence-electron chi connectivity index (χ4n) is 1.18. The summed E-state index contributed by atoms with van der Waals surface area (Å²) in [4.78, 5) is 10.5. The van der Waals surface area contributed by atoms with E-state index in [9.17, 15) is 9.90 Å². The molecule has 4 nitrogen and oxygen atoms in total. The summed E-state index contributed by atoms with van der Waals surface area (Å²) in [6, 6.07) is -0.375. The van der Waals surface area contributed by atoms with Crippen LogP contribution >= 0.6 is 0 Å². The predicted octanol–water partition coefficient (Wildman–Crippen LogP) is 0.600. The predicted molar refractivity (Wildman–Crippen MR) is 50.6 cm³/mol. The van der Waals surface area contributed by atoms with E-state index < -0.39 is 11.6 Å². The molecule has 2 atom stereocenters. The summed E-state index contributed by atoms with van der Waals surface area (Å²) in [5.74, 6) is -0.889. The zero-order valence-electron chi connectivity index (χ0n) is 8.50. The van der Waals surface area contributed by atoms with Gasteiger partial charge in [0, 0.05) is 6.04 Å². The van der Waals surface area contributed by atoms with Gasteiger partial charge < -0.3 is 15.5 Å². The van der Waals surface area contributed by atoms with Crippen LogP contribution in [0.2, 0.25) is 0 Å². The number of hydrogen-bond donors (Lipinski definition) is 3. The molecule has 0 radical (unpaired) electrons. The second-order valence-corrected chi connectivity index (χ2v) is 3.42. The van der Waals surface area contributed by atoms with Gasteiger partial charge in [-0.3, -0.25) is 4.79 Å². The first-order chi connectivity index (χ1) is 5.94. The third-order valence-electron chi connectivity index (χ3n) is 2.30. The van der Waals surface area contributed by atoms with Gasteiger partial charge in [0.15, 0.2) is 0 Å². The Morgan fingerprint density at radius 1 is 1.54 bits per heavy atom. The number of carbonyl (C=O) groups is 1. The number of carboxylic acids is 1. The molecule has 0 aromatic rings. The van der Waals surface area contributed by atoms with E-state index in [2.05, 4.69) is 5.32 Å². The summed E-state index contributed by atoms with van der Waals surface area (Å²) in [5, 5.41) is 21.4. The minimum absolute atomic E-state index is 0.0469. The van der Waals surface area contributed by atoms with Crippen LogP contribution in [0.1, 0.15) is 33.6 Å². The molecule has 0 aromatic carbocycles. The van der Waals surface area contributed by atoms with Crippen molar-refractivity contribution >= 4 is 5.97 Å². The van der Waals surface area contributed by atoms with Crippen LogP contribution in [0.25, 0.3) is 0 Å². The van der Waals surface area contributed by atoms with E-state index in [-0.39, 0.29) is 12.5 Å². The van der Waals surface area contributed by atoms with Crippen molar-refractivity contribution in [2.75, 3.05) is 6.54 Å². The van der Waals surface area contributed by atoms with Gasteiger partial charge in [0.1, 0.15) is 0 Å². The molecule has 0 saturated carbocycles. The largest absolute Gasteiger partial charge is 0.481 e. The van der Waals surface area contributed by atoms with Crippen molar-refractivity contribution in [1.29, 1.82) is 0 Å². The van der Waals surface area contributed by atoms with Gasteiger partial charge >= 0.3 is 5.97 Å². The van der Waals surface area contributed by atoms with Gasteiger partial charge in [0.05, 0.1) is 12.0 Å². The molecule has 0 aliphatic rings. The monoisotopic (exact) mass is 189 g/mol. The minimum Gasteiger partial charge on any atom is -0.481 e. The lowest BCUT2D eigenvalue weighted by atomic mass is 9.91. The fourth-order valence-corrected chi connectivity index (χ4v) is 1.18. The van der Waals surface area contributed by atoms with Crippen LogP contribution < -0.4 is 5.32 Å². The van der Waals surface area contributed by atoms with E-state index in [0.717, 1.165) is 0 Å². The maximum absolute atomic E-state index is 10.5. The van der Waals surface area contributed by atoms with Crippen molar-refractivity contribution in [2.45, 2.75) is 45.3 Å². The van der Waals surface area contributed by atoms with E-state index in [0.29, 0.717) is 13.0 Å². The maximum atomic E-state index is 10.5. The number of hydrogen-bond acceptors (Lipinski definition) is 3. The highest BCUT2D eigenvalue weighted by Crippen LogP contribution is 2.16. The molecule has 0 aliphatic carbocycles. The lowest BCUT2D eigenvalue weighted by Gasteiger charge is -2.31. The molecule has 0 bridgehead atoms. The quantitative estimate of drug-likeness (QED) is 0.572. The van der Waals surface area contributed by atoms with Crippen LogP contribution in [0, 0.1) is 0 Å². The molecule has 0 aromatic heterocycles. The topological polar surface area (TPSA) is 69.6 Å². The fraction of sp³-hybridized carbons (Fsp3) is 0.889. The van der Waals surface area contributed by atoms with Crippen molar-refractivity contribution < 1.29 is 15.0 Å². The first-order valence-electron chi connectivity index (χ1n) is 4.61. The summed E-state index contributed by atoms with van der Waals surface area (Å²) >= 11 is 0. The molecule has 0 spiro atoms. The van der Waals surface area contributed by atoms with E-state index in [4.69, 9.17) is 5.11 Å². The average Bonchev–Trinajstić information content (AvgIpc) is 2.03. The first kappa shape index (κ1) is 12.4. The van der Waals surface area contributed by atoms with Crippen LogP contribution in [0.4, 0.5) is 0 Å². The van der Waals surface area contributed by atoms with Crippen LogP contribution in [-0.4, -0.2) is 34.4 Å². The minimum atomic E-state index is -0.950. The molecule has 0 heterocycles. The SMILES string of the molecule is CCNC(CC(=O)O)C(C)(O)CC. The molecule has 3 N–H and O–H groups in total. The highest BCUT2D eigenvalue weighted by molar-refractivity contribution is 5.67. The summed E-state index contributed by atoms with van der Waals surface area (Å²) in [6.45, 7) is 6.05. The number of aliphatic carboxylic acids is 1. The first-order valence-corrected chi connectivity index (χ1v) is 4.61.